The normalized spacial score (nSPS) is 15.8. The number of rotatable bonds is 13. The Morgan fingerprint density at radius 3 is 2.62 bits per heavy atom. The SMILES string of the molecule is CC(CONC(=O)CC1CCN(c2nccs2)CC1)Nc1cnn(COCC[Si](C)(C)C)c(=O)c1C(F)(F)F. The first-order valence-electron chi connectivity index (χ1n) is 12.9. The molecule has 1 saturated heterocycles. The zero-order valence-electron chi connectivity index (χ0n) is 22.7. The van der Waals surface area contributed by atoms with E-state index in [0.29, 0.717) is 17.7 Å². The number of aromatic nitrogens is 3. The summed E-state index contributed by atoms with van der Waals surface area (Å²) in [4.78, 5) is 36.6. The van der Waals surface area contributed by atoms with Crippen LogP contribution in [0.4, 0.5) is 24.0 Å². The zero-order valence-corrected chi connectivity index (χ0v) is 24.5. The summed E-state index contributed by atoms with van der Waals surface area (Å²) in [5.41, 5.74) is -0.733. The quantitative estimate of drug-likeness (QED) is 0.203. The molecule has 1 fully saturated rings. The van der Waals surface area contributed by atoms with Gasteiger partial charge < -0.3 is 15.0 Å². The van der Waals surface area contributed by atoms with Crippen molar-refractivity contribution >= 4 is 36.1 Å². The fourth-order valence-electron chi connectivity index (χ4n) is 4.05. The summed E-state index contributed by atoms with van der Waals surface area (Å²) >= 11 is 1.59. The highest BCUT2D eigenvalue weighted by Crippen LogP contribution is 2.32. The molecule has 2 aromatic rings. The van der Waals surface area contributed by atoms with Crippen LogP contribution in [0.1, 0.15) is 31.7 Å². The highest BCUT2D eigenvalue weighted by Gasteiger charge is 2.38. The Bertz CT molecular complexity index is 1120. The van der Waals surface area contributed by atoms with Crippen molar-refractivity contribution in [3.63, 3.8) is 0 Å². The van der Waals surface area contributed by atoms with Gasteiger partial charge in [-0.1, -0.05) is 19.6 Å². The number of nitrogens with one attached hydrogen (secondary N) is 2. The van der Waals surface area contributed by atoms with E-state index in [4.69, 9.17) is 9.57 Å². The van der Waals surface area contributed by atoms with Crippen LogP contribution in [0, 0.1) is 5.92 Å². The molecular formula is C24H37F3N6O4SSi. The highest BCUT2D eigenvalue weighted by molar-refractivity contribution is 7.13. The Morgan fingerprint density at radius 2 is 2.00 bits per heavy atom. The standard InChI is InChI=1S/C24H37F3N6O4SSi/c1-17(15-37-31-20(34)13-18-5-8-32(9-6-18)23-28-7-11-38-23)30-19-14-29-33(16-36-10-12-39(2,3)4)22(35)21(19)24(25,26)27/h7,11,14,17-18,30H,5-6,8-10,12-13,15-16H2,1-4H3,(H,31,34). The number of alkyl halides is 3. The number of anilines is 2. The van der Waals surface area contributed by atoms with Crippen LogP contribution in [0.3, 0.4) is 0 Å². The smallest absolute Gasteiger partial charge is 0.378 e. The van der Waals surface area contributed by atoms with Crippen LogP contribution in [0.25, 0.3) is 0 Å². The first-order chi connectivity index (χ1) is 18.3. The molecule has 1 aliphatic heterocycles. The minimum Gasteiger partial charge on any atom is -0.378 e. The van der Waals surface area contributed by atoms with Gasteiger partial charge in [0.15, 0.2) is 5.13 Å². The molecular weight excluding hydrogens is 553 g/mol. The maximum atomic E-state index is 13.8. The molecule has 1 amide bonds. The first-order valence-corrected chi connectivity index (χ1v) is 17.5. The number of hydroxylamine groups is 1. The number of carbonyl (C=O) groups is 1. The number of carbonyl (C=O) groups excluding carboxylic acids is 1. The van der Waals surface area contributed by atoms with Crippen LogP contribution in [0.2, 0.25) is 25.7 Å². The van der Waals surface area contributed by atoms with Crippen molar-refractivity contribution in [1.29, 1.82) is 0 Å². The predicted molar refractivity (Wildman–Crippen MR) is 146 cm³/mol. The van der Waals surface area contributed by atoms with Gasteiger partial charge in [-0.05, 0) is 31.7 Å². The highest BCUT2D eigenvalue weighted by atomic mass is 32.1. The second-order valence-corrected chi connectivity index (χ2v) is 17.4. The number of hydrogen-bond donors (Lipinski definition) is 2. The molecule has 218 valence electrons. The van der Waals surface area contributed by atoms with Crippen LogP contribution in [0.15, 0.2) is 22.6 Å². The predicted octanol–water partition coefficient (Wildman–Crippen LogP) is 4.19. The van der Waals surface area contributed by atoms with Crippen molar-refractivity contribution in [1.82, 2.24) is 20.2 Å². The third kappa shape index (κ3) is 9.88. The van der Waals surface area contributed by atoms with E-state index in [-0.39, 0.29) is 25.2 Å². The van der Waals surface area contributed by atoms with E-state index < -0.39 is 37.1 Å². The molecule has 39 heavy (non-hydrogen) atoms. The Labute approximate surface area is 230 Å². The van der Waals surface area contributed by atoms with Crippen molar-refractivity contribution < 1.29 is 27.5 Å². The lowest BCUT2D eigenvalue weighted by molar-refractivity contribution is -0.138. The zero-order chi connectivity index (χ0) is 28.6. The summed E-state index contributed by atoms with van der Waals surface area (Å²) in [6.07, 6.45) is -0.160. The Morgan fingerprint density at radius 1 is 1.28 bits per heavy atom. The third-order valence-electron chi connectivity index (χ3n) is 6.24. The Hall–Kier alpha value is -2.49. The van der Waals surface area contributed by atoms with Crippen molar-refractivity contribution in [2.24, 2.45) is 5.92 Å². The molecule has 0 aromatic carbocycles. The summed E-state index contributed by atoms with van der Waals surface area (Å²) in [6.45, 7) is 9.53. The van der Waals surface area contributed by atoms with Crippen LogP contribution in [-0.2, 0) is 27.3 Å². The summed E-state index contributed by atoms with van der Waals surface area (Å²) in [5.74, 6) is -0.0731. The topological polar surface area (TPSA) is 111 Å². The lowest BCUT2D eigenvalue weighted by atomic mass is 9.93. The van der Waals surface area contributed by atoms with Gasteiger partial charge in [-0.2, -0.15) is 18.3 Å². The van der Waals surface area contributed by atoms with Crippen LogP contribution in [-0.4, -0.2) is 61.1 Å². The van der Waals surface area contributed by atoms with Gasteiger partial charge >= 0.3 is 6.18 Å². The summed E-state index contributed by atoms with van der Waals surface area (Å²) < 4.78 is 47.3. The van der Waals surface area contributed by atoms with Gasteiger partial charge in [0.25, 0.3) is 5.56 Å². The molecule has 10 nitrogen and oxygen atoms in total. The van der Waals surface area contributed by atoms with E-state index >= 15 is 0 Å². The number of amides is 1. The second kappa shape index (κ2) is 13.7. The van der Waals surface area contributed by atoms with Gasteiger partial charge in [-0.15, -0.1) is 11.3 Å². The van der Waals surface area contributed by atoms with Crippen molar-refractivity contribution in [3.8, 4) is 0 Å². The molecule has 3 rings (SSSR count). The summed E-state index contributed by atoms with van der Waals surface area (Å²) in [5, 5.41) is 9.39. The molecule has 0 radical (unpaired) electrons. The van der Waals surface area contributed by atoms with E-state index in [1.165, 1.54) is 0 Å². The monoisotopic (exact) mass is 590 g/mol. The van der Waals surface area contributed by atoms with Gasteiger partial charge in [0.1, 0.15) is 12.3 Å². The van der Waals surface area contributed by atoms with Gasteiger partial charge in [0.2, 0.25) is 5.91 Å². The Kier molecular flexibility index (Phi) is 10.9. The maximum Gasteiger partial charge on any atom is 0.423 e. The molecule has 15 heteroatoms. The van der Waals surface area contributed by atoms with Gasteiger partial charge in [-0.25, -0.2) is 15.1 Å². The van der Waals surface area contributed by atoms with Gasteiger partial charge in [0, 0.05) is 51.8 Å². The third-order valence-corrected chi connectivity index (χ3v) is 8.77. The van der Waals surface area contributed by atoms with Crippen molar-refractivity contribution in [2.45, 2.75) is 70.8 Å². The summed E-state index contributed by atoms with van der Waals surface area (Å²) in [6, 6.07) is 0.159. The van der Waals surface area contributed by atoms with Crippen molar-refractivity contribution in [3.05, 3.63) is 33.7 Å². The van der Waals surface area contributed by atoms with E-state index in [2.05, 4.69) is 45.4 Å². The van der Waals surface area contributed by atoms with E-state index in [1.807, 2.05) is 5.38 Å². The van der Waals surface area contributed by atoms with Crippen LogP contribution < -0.4 is 21.3 Å². The largest absolute Gasteiger partial charge is 0.423 e. The van der Waals surface area contributed by atoms with E-state index in [9.17, 15) is 22.8 Å². The van der Waals surface area contributed by atoms with Gasteiger partial charge in [-0.3, -0.25) is 14.4 Å². The molecule has 1 atom stereocenters. The van der Waals surface area contributed by atoms with Crippen LogP contribution in [0.5, 0.6) is 0 Å². The average molecular weight is 591 g/mol. The van der Waals surface area contributed by atoms with E-state index in [1.54, 1.807) is 24.5 Å². The fraction of sp³-hybridized carbons (Fsp3) is 0.667. The number of hydrogen-bond acceptors (Lipinski definition) is 9. The molecule has 1 aliphatic rings. The Balaban J connectivity index is 1.46. The molecule has 0 aliphatic carbocycles. The second-order valence-electron chi connectivity index (χ2n) is 10.9. The number of piperidine rings is 1. The van der Waals surface area contributed by atoms with E-state index in [0.717, 1.165) is 43.3 Å². The molecule has 0 saturated carbocycles. The molecule has 2 N–H and O–H groups in total. The maximum absolute atomic E-state index is 13.8. The molecule has 0 bridgehead atoms. The lowest BCUT2D eigenvalue weighted by Crippen LogP contribution is -2.37. The van der Waals surface area contributed by atoms with Crippen molar-refractivity contribution in [2.75, 3.05) is 36.5 Å². The summed E-state index contributed by atoms with van der Waals surface area (Å²) in [7, 11) is -1.38. The molecule has 3 heterocycles. The fourth-order valence-corrected chi connectivity index (χ4v) is 5.51. The minimum absolute atomic E-state index is 0.117. The first kappa shape index (κ1) is 31.0. The minimum atomic E-state index is -4.90. The number of nitrogens with zero attached hydrogens (tertiary/aromatic N) is 4. The lowest BCUT2D eigenvalue weighted by Gasteiger charge is -2.31. The number of ether oxygens (including phenoxy) is 1. The molecule has 0 spiro atoms. The van der Waals surface area contributed by atoms with Gasteiger partial charge in [0.05, 0.1) is 18.5 Å². The average Bonchev–Trinajstić information content (AvgIpc) is 3.37. The number of halogens is 3. The van der Waals surface area contributed by atoms with Crippen LogP contribution >= 0.6 is 11.3 Å². The number of thiazole rings is 1. The molecule has 1 unspecified atom stereocenters. The molecule has 2 aromatic heterocycles.